The number of carbonyl (C=O) groups excluding carboxylic acids is 1. The highest BCUT2D eigenvalue weighted by Gasteiger charge is 2.07. The molecule has 3 rings (SSSR count). The van der Waals surface area contributed by atoms with Gasteiger partial charge in [0.05, 0.1) is 4.88 Å². The molecule has 2 heterocycles. The number of nitrogens with zero attached hydrogens (tertiary/aromatic N) is 2. The van der Waals surface area contributed by atoms with Gasteiger partial charge in [0.2, 0.25) is 5.16 Å². The number of thioether (sulfide) groups is 1. The minimum atomic E-state index is -0.0319. The number of hydrogen-bond donors (Lipinski definition) is 2. The van der Waals surface area contributed by atoms with Crippen LogP contribution in [0.1, 0.15) is 9.67 Å². The number of hydrogen-bond acceptors (Lipinski definition) is 5. The molecule has 0 bridgehead atoms. The van der Waals surface area contributed by atoms with E-state index in [2.05, 4.69) is 20.5 Å². The van der Waals surface area contributed by atoms with E-state index in [1.807, 2.05) is 47.8 Å². The van der Waals surface area contributed by atoms with Crippen LogP contribution in [0.2, 0.25) is 0 Å². The summed E-state index contributed by atoms with van der Waals surface area (Å²) in [5.74, 6) is 1.45. The van der Waals surface area contributed by atoms with Crippen molar-refractivity contribution in [2.45, 2.75) is 5.16 Å². The standard InChI is InChI=1S/C15H14N4OS2/c20-14(12-7-4-9-21-12)16-8-10-22-15-17-13(18-19-15)11-5-2-1-3-6-11/h1-7,9H,8,10H2,(H,16,20)(H,17,18,19). The maximum Gasteiger partial charge on any atom is 0.261 e. The third-order valence-electron chi connectivity index (χ3n) is 2.88. The minimum Gasteiger partial charge on any atom is -0.350 e. The lowest BCUT2D eigenvalue weighted by Crippen LogP contribution is -2.24. The van der Waals surface area contributed by atoms with Crippen LogP contribution in [-0.2, 0) is 0 Å². The number of amides is 1. The molecule has 0 spiro atoms. The number of thiophene rings is 1. The SMILES string of the molecule is O=C(NCCSc1n[nH]c(-c2ccccc2)n1)c1cccs1. The van der Waals surface area contributed by atoms with Crippen LogP contribution >= 0.6 is 23.1 Å². The lowest BCUT2D eigenvalue weighted by atomic mass is 10.2. The van der Waals surface area contributed by atoms with Crippen LogP contribution in [0.3, 0.4) is 0 Å². The van der Waals surface area contributed by atoms with E-state index in [0.717, 1.165) is 22.0 Å². The van der Waals surface area contributed by atoms with Gasteiger partial charge in [0.1, 0.15) is 0 Å². The average molecular weight is 330 g/mol. The molecule has 112 valence electrons. The number of H-pyrrole nitrogens is 1. The molecular weight excluding hydrogens is 316 g/mol. The van der Waals surface area contributed by atoms with Gasteiger partial charge in [-0.15, -0.1) is 16.4 Å². The van der Waals surface area contributed by atoms with Gasteiger partial charge < -0.3 is 5.32 Å². The van der Waals surface area contributed by atoms with Gasteiger partial charge in [-0.05, 0) is 11.4 Å². The molecule has 0 radical (unpaired) electrons. The summed E-state index contributed by atoms with van der Waals surface area (Å²) >= 11 is 2.95. The smallest absolute Gasteiger partial charge is 0.261 e. The lowest BCUT2D eigenvalue weighted by Gasteiger charge is -2.01. The van der Waals surface area contributed by atoms with Gasteiger partial charge in [-0.3, -0.25) is 9.89 Å². The van der Waals surface area contributed by atoms with Crippen LogP contribution in [0, 0.1) is 0 Å². The molecular formula is C15H14N4OS2. The summed E-state index contributed by atoms with van der Waals surface area (Å²) < 4.78 is 0. The van der Waals surface area contributed by atoms with Crippen LogP contribution in [0.25, 0.3) is 11.4 Å². The van der Waals surface area contributed by atoms with Crippen molar-refractivity contribution in [1.29, 1.82) is 0 Å². The molecule has 0 saturated carbocycles. The summed E-state index contributed by atoms with van der Waals surface area (Å²) in [5, 5.41) is 12.6. The predicted molar refractivity (Wildman–Crippen MR) is 89.2 cm³/mol. The van der Waals surface area contributed by atoms with Crippen LogP contribution in [0.15, 0.2) is 53.0 Å². The number of carbonyl (C=O) groups is 1. The summed E-state index contributed by atoms with van der Waals surface area (Å²) in [4.78, 5) is 16.9. The van der Waals surface area contributed by atoms with Crippen LogP contribution in [0.4, 0.5) is 0 Å². The van der Waals surface area contributed by atoms with E-state index in [-0.39, 0.29) is 5.91 Å². The fourth-order valence-electron chi connectivity index (χ4n) is 1.84. The highest BCUT2D eigenvalue weighted by molar-refractivity contribution is 7.99. The second kappa shape index (κ2) is 7.24. The maximum absolute atomic E-state index is 11.8. The van der Waals surface area contributed by atoms with Crippen molar-refractivity contribution in [2.75, 3.05) is 12.3 Å². The molecule has 1 aromatic carbocycles. The molecule has 3 aromatic rings. The quantitative estimate of drug-likeness (QED) is 0.538. The van der Waals surface area contributed by atoms with Gasteiger partial charge in [-0.25, -0.2) is 4.98 Å². The minimum absolute atomic E-state index is 0.0319. The van der Waals surface area contributed by atoms with Gasteiger partial charge in [-0.2, -0.15) is 0 Å². The van der Waals surface area contributed by atoms with Crippen LogP contribution < -0.4 is 5.32 Å². The first-order valence-corrected chi connectivity index (χ1v) is 8.62. The zero-order valence-electron chi connectivity index (χ0n) is 11.7. The van der Waals surface area contributed by atoms with E-state index in [1.54, 1.807) is 0 Å². The summed E-state index contributed by atoms with van der Waals surface area (Å²) in [5.41, 5.74) is 1.01. The first kappa shape index (κ1) is 14.8. The Kier molecular flexibility index (Phi) is 4.87. The Morgan fingerprint density at radius 1 is 1.23 bits per heavy atom. The van der Waals surface area contributed by atoms with Crippen molar-refractivity contribution in [3.63, 3.8) is 0 Å². The number of aromatic nitrogens is 3. The van der Waals surface area contributed by atoms with Gasteiger partial charge in [-0.1, -0.05) is 48.2 Å². The first-order chi connectivity index (χ1) is 10.8. The average Bonchev–Trinajstić information content (AvgIpc) is 3.24. The molecule has 7 heteroatoms. The van der Waals surface area contributed by atoms with E-state index in [1.165, 1.54) is 23.1 Å². The van der Waals surface area contributed by atoms with E-state index in [4.69, 9.17) is 0 Å². The van der Waals surface area contributed by atoms with Gasteiger partial charge in [0.25, 0.3) is 5.91 Å². The van der Waals surface area contributed by atoms with E-state index >= 15 is 0 Å². The zero-order valence-corrected chi connectivity index (χ0v) is 13.3. The molecule has 0 atom stereocenters. The van der Waals surface area contributed by atoms with E-state index < -0.39 is 0 Å². The molecule has 0 fully saturated rings. The van der Waals surface area contributed by atoms with Gasteiger partial charge in [0, 0.05) is 17.9 Å². The third-order valence-corrected chi connectivity index (χ3v) is 4.59. The summed E-state index contributed by atoms with van der Waals surface area (Å²) in [7, 11) is 0. The Bertz CT molecular complexity index is 725. The molecule has 2 aromatic heterocycles. The number of benzene rings is 1. The van der Waals surface area contributed by atoms with E-state index in [0.29, 0.717) is 11.7 Å². The third kappa shape index (κ3) is 3.75. The second-order valence-electron chi connectivity index (χ2n) is 4.41. The largest absolute Gasteiger partial charge is 0.350 e. The Morgan fingerprint density at radius 3 is 2.86 bits per heavy atom. The highest BCUT2D eigenvalue weighted by Crippen LogP contribution is 2.18. The Hall–Kier alpha value is -2.12. The molecule has 2 N–H and O–H groups in total. The second-order valence-corrected chi connectivity index (χ2v) is 6.42. The van der Waals surface area contributed by atoms with E-state index in [9.17, 15) is 4.79 Å². The molecule has 1 amide bonds. The summed E-state index contributed by atoms with van der Waals surface area (Å²) in [6.07, 6.45) is 0. The van der Waals surface area contributed by atoms with Crippen molar-refractivity contribution in [1.82, 2.24) is 20.5 Å². The molecule has 0 aliphatic rings. The number of aromatic amines is 1. The van der Waals surface area contributed by atoms with Crippen molar-refractivity contribution < 1.29 is 4.79 Å². The Labute approximate surface area is 136 Å². The van der Waals surface area contributed by atoms with Gasteiger partial charge in [0.15, 0.2) is 5.82 Å². The fraction of sp³-hybridized carbons (Fsp3) is 0.133. The topological polar surface area (TPSA) is 70.7 Å². The van der Waals surface area contributed by atoms with Crippen molar-refractivity contribution in [2.24, 2.45) is 0 Å². The van der Waals surface area contributed by atoms with Crippen molar-refractivity contribution in [3.05, 3.63) is 52.7 Å². The first-order valence-electron chi connectivity index (χ1n) is 6.75. The molecule has 5 nitrogen and oxygen atoms in total. The predicted octanol–water partition coefficient (Wildman–Crippen LogP) is 3.06. The lowest BCUT2D eigenvalue weighted by molar-refractivity contribution is 0.0960. The molecule has 0 aliphatic heterocycles. The maximum atomic E-state index is 11.8. The fourth-order valence-corrected chi connectivity index (χ4v) is 3.13. The molecule has 0 unspecified atom stereocenters. The molecule has 0 aliphatic carbocycles. The Morgan fingerprint density at radius 2 is 2.09 bits per heavy atom. The highest BCUT2D eigenvalue weighted by atomic mass is 32.2. The molecule has 0 saturated heterocycles. The van der Waals surface area contributed by atoms with Crippen LogP contribution in [-0.4, -0.2) is 33.4 Å². The Balaban J connectivity index is 1.47. The number of nitrogens with one attached hydrogen (secondary N) is 2. The van der Waals surface area contributed by atoms with Crippen molar-refractivity contribution >= 4 is 29.0 Å². The zero-order chi connectivity index (χ0) is 15.2. The molecule has 22 heavy (non-hydrogen) atoms. The normalized spacial score (nSPS) is 10.5. The summed E-state index contributed by atoms with van der Waals surface area (Å²) in [6, 6.07) is 13.5. The van der Waals surface area contributed by atoms with Crippen molar-refractivity contribution in [3.8, 4) is 11.4 Å². The van der Waals surface area contributed by atoms with Gasteiger partial charge >= 0.3 is 0 Å². The number of rotatable bonds is 6. The van der Waals surface area contributed by atoms with Crippen LogP contribution in [0.5, 0.6) is 0 Å². The monoisotopic (exact) mass is 330 g/mol. The summed E-state index contributed by atoms with van der Waals surface area (Å²) in [6.45, 7) is 0.580.